The Bertz CT molecular complexity index is 1520. The van der Waals surface area contributed by atoms with E-state index in [1.165, 1.54) is 21.8 Å². The van der Waals surface area contributed by atoms with Crippen LogP contribution in [0.3, 0.4) is 0 Å². The smallest absolute Gasteiger partial charge is 0.278 e. The monoisotopic (exact) mass is 586 g/mol. The van der Waals surface area contributed by atoms with E-state index in [0.717, 1.165) is 18.9 Å². The molecular weight excluding hydrogens is 554 g/mol. The first-order valence-corrected chi connectivity index (χ1v) is 14.2. The van der Waals surface area contributed by atoms with Gasteiger partial charge in [-0.25, -0.2) is 8.78 Å². The molecule has 1 aliphatic heterocycles. The van der Waals surface area contributed by atoms with E-state index in [2.05, 4.69) is 0 Å². The van der Waals surface area contributed by atoms with E-state index < -0.39 is 34.4 Å². The number of carbonyl (C=O) groups is 2. The lowest BCUT2D eigenvalue weighted by molar-refractivity contribution is -0.136. The number of amides is 2. The van der Waals surface area contributed by atoms with Gasteiger partial charge in [0.15, 0.2) is 11.4 Å². The highest BCUT2D eigenvalue weighted by Gasteiger charge is 2.51. The minimum absolute atomic E-state index is 0.0643. The Hall–Kier alpha value is -3.74. The Morgan fingerprint density at radius 3 is 2.41 bits per heavy atom. The zero-order chi connectivity index (χ0) is 29.8. The van der Waals surface area contributed by atoms with Crippen molar-refractivity contribution in [1.29, 1.82) is 10.8 Å². The molecule has 218 valence electrons. The number of carbonyl (C=O) groups excluding carboxylic acids is 2. The predicted octanol–water partition coefficient (Wildman–Crippen LogP) is 3.27. The Morgan fingerprint density at radius 2 is 1.80 bits per heavy atom. The van der Waals surface area contributed by atoms with Crippen LogP contribution in [0.2, 0.25) is 0 Å². The van der Waals surface area contributed by atoms with Gasteiger partial charge in [0.25, 0.3) is 5.91 Å². The maximum atomic E-state index is 14.1. The molecule has 2 aliphatic carbocycles. The highest BCUT2D eigenvalue weighted by Crippen LogP contribution is 2.42. The number of hydrogen-bond acceptors (Lipinski definition) is 8. The third kappa shape index (κ3) is 5.00. The summed E-state index contributed by atoms with van der Waals surface area (Å²) in [5.74, 6) is -2.96. The Morgan fingerprint density at radius 1 is 1.15 bits per heavy atom. The second kappa shape index (κ2) is 10.6. The average molecular weight is 587 g/mol. The number of hydrogen-bond donors (Lipinski definition) is 3. The second-order valence-corrected chi connectivity index (χ2v) is 12.1. The SMILES string of the molecule is CN(C(=O)C1CCC2(CC1)N(C)C(=O)c1c(O)c(=O)c(C(=N)SC(=N)Cc3ccc(F)cc3F)cn1N2C)C1CC1. The van der Waals surface area contributed by atoms with E-state index >= 15 is 0 Å². The average Bonchev–Trinajstić information content (AvgIpc) is 3.79. The van der Waals surface area contributed by atoms with Crippen LogP contribution in [-0.4, -0.2) is 74.3 Å². The van der Waals surface area contributed by atoms with Gasteiger partial charge in [0, 0.05) is 51.8 Å². The minimum Gasteiger partial charge on any atom is -0.502 e. The van der Waals surface area contributed by atoms with Gasteiger partial charge >= 0.3 is 0 Å². The second-order valence-electron chi connectivity index (χ2n) is 11.0. The van der Waals surface area contributed by atoms with Crippen LogP contribution in [0.5, 0.6) is 5.75 Å². The molecule has 2 amide bonds. The largest absolute Gasteiger partial charge is 0.502 e. The first-order chi connectivity index (χ1) is 19.4. The molecule has 0 saturated heterocycles. The summed E-state index contributed by atoms with van der Waals surface area (Å²) < 4.78 is 28.7. The zero-order valence-corrected chi connectivity index (χ0v) is 23.9. The van der Waals surface area contributed by atoms with E-state index in [1.54, 1.807) is 19.1 Å². The van der Waals surface area contributed by atoms with E-state index in [-0.39, 0.29) is 45.2 Å². The lowest BCUT2D eigenvalue weighted by Gasteiger charge is -2.55. The van der Waals surface area contributed by atoms with Crippen molar-refractivity contribution in [3.05, 3.63) is 63.1 Å². The van der Waals surface area contributed by atoms with Crippen molar-refractivity contribution in [2.45, 2.75) is 56.7 Å². The van der Waals surface area contributed by atoms with Crippen molar-refractivity contribution in [3.63, 3.8) is 0 Å². The van der Waals surface area contributed by atoms with E-state index in [9.17, 15) is 28.3 Å². The first kappa shape index (κ1) is 28.8. The number of nitrogens with one attached hydrogen (secondary N) is 2. The molecule has 0 bridgehead atoms. The van der Waals surface area contributed by atoms with Gasteiger partial charge in [-0.2, -0.15) is 0 Å². The molecule has 1 aromatic heterocycles. The molecule has 1 aromatic carbocycles. The third-order valence-corrected chi connectivity index (χ3v) is 9.45. The van der Waals surface area contributed by atoms with Gasteiger partial charge < -0.3 is 14.9 Å². The maximum Gasteiger partial charge on any atom is 0.278 e. The number of rotatable bonds is 5. The van der Waals surface area contributed by atoms with E-state index in [1.807, 2.05) is 11.9 Å². The maximum absolute atomic E-state index is 14.1. The number of nitrogens with zero attached hydrogens (tertiary/aromatic N) is 4. The lowest BCUT2D eigenvalue weighted by Crippen LogP contribution is -2.69. The number of halogens is 2. The quantitative estimate of drug-likeness (QED) is 0.364. The fraction of sp³-hybridized carbons (Fsp3) is 0.464. The van der Waals surface area contributed by atoms with Crippen LogP contribution in [-0.2, 0) is 11.2 Å². The number of pyridine rings is 1. The molecule has 0 unspecified atom stereocenters. The van der Waals surface area contributed by atoms with Crippen molar-refractivity contribution < 1.29 is 23.5 Å². The normalized spacial score (nSPS) is 22.1. The summed E-state index contributed by atoms with van der Waals surface area (Å²) in [4.78, 5) is 42.9. The summed E-state index contributed by atoms with van der Waals surface area (Å²) in [5.41, 5.74) is -2.15. The van der Waals surface area contributed by atoms with Crippen LogP contribution in [0.4, 0.5) is 8.78 Å². The number of fused-ring (bicyclic) bond motifs is 1. The number of benzene rings is 1. The van der Waals surface area contributed by atoms with Gasteiger partial charge in [-0.3, -0.25) is 34.9 Å². The van der Waals surface area contributed by atoms with E-state index in [0.29, 0.717) is 49.6 Å². The van der Waals surface area contributed by atoms with Crippen molar-refractivity contribution in [2.24, 2.45) is 5.92 Å². The summed E-state index contributed by atoms with van der Waals surface area (Å²) >= 11 is 0.603. The minimum atomic E-state index is -0.932. The summed E-state index contributed by atoms with van der Waals surface area (Å²) in [6.45, 7) is 0. The van der Waals surface area contributed by atoms with E-state index in [4.69, 9.17) is 10.8 Å². The topological polar surface area (TPSA) is 134 Å². The number of aromatic nitrogens is 1. The van der Waals surface area contributed by atoms with Gasteiger partial charge in [0.05, 0.1) is 10.6 Å². The zero-order valence-electron chi connectivity index (χ0n) is 23.0. The van der Waals surface area contributed by atoms with Gasteiger partial charge in [-0.05, 0) is 50.2 Å². The molecule has 2 aromatic rings. The molecule has 2 fully saturated rings. The molecular formula is C28H32F2N6O4S. The molecule has 2 heterocycles. The third-order valence-electron chi connectivity index (χ3n) is 8.64. The van der Waals surface area contributed by atoms with Crippen molar-refractivity contribution in [3.8, 4) is 5.75 Å². The van der Waals surface area contributed by atoms with Crippen LogP contribution in [0.25, 0.3) is 0 Å². The molecule has 5 rings (SSSR count). The van der Waals surface area contributed by atoms with Gasteiger partial charge in [0.1, 0.15) is 22.3 Å². The molecule has 0 radical (unpaired) electrons. The molecule has 2 saturated carbocycles. The summed E-state index contributed by atoms with van der Waals surface area (Å²) in [5, 5.41) is 28.8. The highest BCUT2D eigenvalue weighted by atomic mass is 32.2. The fourth-order valence-electron chi connectivity index (χ4n) is 5.92. The van der Waals surface area contributed by atoms with Crippen molar-refractivity contribution in [1.82, 2.24) is 14.5 Å². The van der Waals surface area contributed by atoms with Crippen LogP contribution in [0.1, 0.15) is 60.1 Å². The Kier molecular flexibility index (Phi) is 7.43. The summed E-state index contributed by atoms with van der Waals surface area (Å²) in [6.07, 6.45) is 5.24. The van der Waals surface area contributed by atoms with Gasteiger partial charge in [0.2, 0.25) is 11.3 Å². The van der Waals surface area contributed by atoms with Crippen LogP contribution >= 0.6 is 11.8 Å². The molecule has 1 spiro atoms. The molecule has 3 N–H and O–H groups in total. The number of thioether (sulfide) groups is 1. The van der Waals surface area contributed by atoms with Crippen LogP contribution in [0, 0.1) is 28.4 Å². The lowest BCUT2D eigenvalue weighted by atomic mass is 9.79. The molecule has 13 heteroatoms. The van der Waals surface area contributed by atoms with Gasteiger partial charge in [-0.15, -0.1) is 0 Å². The Labute approximate surface area is 239 Å². The predicted molar refractivity (Wildman–Crippen MR) is 151 cm³/mol. The fourth-order valence-corrected chi connectivity index (χ4v) is 6.65. The molecule has 3 aliphatic rings. The standard InChI is InChI=1S/C28H32F2N6O4S/c1-33(18-6-7-18)26(39)15-8-10-28(11-9-15)34(2)27(40)22-24(38)23(37)19(14-36(22)35(28)3)25(32)41-21(31)12-16-4-5-17(29)13-20(16)30/h4-5,13-15,18,31-32,38H,6-12H2,1-3H3. The molecule has 10 nitrogen and oxygen atoms in total. The molecule has 41 heavy (non-hydrogen) atoms. The number of aromatic hydroxyl groups is 1. The van der Waals surface area contributed by atoms with Gasteiger partial charge in [-0.1, -0.05) is 17.8 Å². The molecule has 0 atom stereocenters. The summed E-state index contributed by atoms with van der Waals surface area (Å²) in [6, 6.07) is 3.31. The van der Waals surface area contributed by atoms with Crippen molar-refractivity contribution in [2.75, 3.05) is 26.2 Å². The van der Waals surface area contributed by atoms with Crippen molar-refractivity contribution >= 4 is 33.7 Å². The van der Waals surface area contributed by atoms with Crippen LogP contribution < -0.4 is 10.4 Å². The first-order valence-electron chi connectivity index (χ1n) is 13.4. The van der Waals surface area contributed by atoms with Crippen LogP contribution in [0.15, 0.2) is 29.2 Å². The highest BCUT2D eigenvalue weighted by molar-refractivity contribution is 8.26. The Balaban J connectivity index is 1.39. The summed E-state index contributed by atoms with van der Waals surface area (Å²) in [7, 11) is 5.19.